The van der Waals surface area contributed by atoms with Gasteiger partial charge in [-0.25, -0.2) is 0 Å². The molecule has 2 heteroatoms. The van der Waals surface area contributed by atoms with Crippen LogP contribution in [0.3, 0.4) is 0 Å². The van der Waals surface area contributed by atoms with Gasteiger partial charge in [0, 0.05) is 0 Å². The van der Waals surface area contributed by atoms with Crippen LogP contribution in [0.25, 0.3) is 0 Å². The molecule has 19 heavy (non-hydrogen) atoms. The molecule has 1 aromatic carbocycles. The molecule has 0 spiro atoms. The van der Waals surface area contributed by atoms with E-state index in [1.165, 1.54) is 11.1 Å². The highest BCUT2D eigenvalue weighted by Gasteiger charge is 2.15. The van der Waals surface area contributed by atoms with E-state index in [9.17, 15) is 0 Å². The maximum atomic E-state index is 5.45. The Labute approximate surface area is 118 Å². The fraction of sp³-hybridized carbons (Fsp3) is 0.647. The fourth-order valence-corrected chi connectivity index (χ4v) is 2.47. The van der Waals surface area contributed by atoms with Crippen molar-refractivity contribution in [1.29, 1.82) is 0 Å². The third kappa shape index (κ3) is 4.54. The molecule has 0 fully saturated rings. The molecule has 0 heterocycles. The maximum absolute atomic E-state index is 5.45. The zero-order chi connectivity index (χ0) is 14.4. The third-order valence-electron chi connectivity index (χ3n) is 3.82. The Balaban J connectivity index is 2.92. The van der Waals surface area contributed by atoms with E-state index in [0.717, 1.165) is 18.7 Å². The fourth-order valence-electron chi connectivity index (χ4n) is 2.47. The Hall–Kier alpha value is -1.02. The highest BCUT2D eigenvalue weighted by atomic mass is 16.5. The minimum atomic E-state index is 0.497. The Bertz CT molecular complexity index is 385. The van der Waals surface area contributed by atoms with Gasteiger partial charge in [0.1, 0.15) is 5.75 Å². The highest BCUT2D eigenvalue weighted by molar-refractivity contribution is 5.39. The zero-order valence-electron chi connectivity index (χ0n) is 13.3. The van der Waals surface area contributed by atoms with E-state index in [1.54, 1.807) is 7.11 Å². The molecule has 108 valence electrons. The minimum absolute atomic E-state index is 0.497. The first-order valence-electron chi connectivity index (χ1n) is 7.31. The number of hydrogen-bond donors (Lipinski definition) is 1. The molecule has 1 aromatic rings. The van der Waals surface area contributed by atoms with Crippen LogP contribution in [0, 0.1) is 11.8 Å². The van der Waals surface area contributed by atoms with Crippen molar-refractivity contribution in [3.63, 3.8) is 0 Å². The molecular weight excluding hydrogens is 234 g/mol. The first-order chi connectivity index (χ1) is 8.99. The van der Waals surface area contributed by atoms with Crippen molar-refractivity contribution in [2.75, 3.05) is 20.7 Å². The van der Waals surface area contributed by atoms with Crippen molar-refractivity contribution in [2.24, 2.45) is 11.8 Å². The standard InChI is InChI=1S/C17H29NO/c1-12(2)15(11-18-5)9-14-7-8-17(19-6)16(10-14)13(3)4/h7-8,10,12-13,15,18H,9,11H2,1-6H3. The van der Waals surface area contributed by atoms with Gasteiger partial charge in [0.2, 0.25) is 0 Å². The van der Waals surface area contributed by atoms with Crippen molar-refractivity contribution in [1.82, 2.24) is 5.32 Å². The van der Waals surface area contributed by atoms with Gasteiger partial charge in [-0.15, -0.1) is 0 Å². The van der Waals surface area contributed by atoms with E-state index in [4.69, 9.17) is 4.74 Å². The Morgan fingerprint density at radius 1 is 1.16 bits per heavy atom. The van der Waals surface area contributed by atoms with Crippen LogP contribution < -0.4 is 10.1 Å². The van der Waals surface area contributed by atoms with Crippen molar-refractivity contribution >= 4 is 0 Å². The summed E-state index contributed by atoms with van der Waals surface area (Å²) in [5.74, 6) is 2.88. The number of methoxy groups -OCH3 is 1. The van der Waals surface area contributed by atoms with Gasteiger partial charge in [-0.05, 0) is 55.0 Å². The largest absolute Gasteiger partial charge is 0.496 e. The van der Waals surface area contributed by atoms with Crippen LogP contribution in [0.15, 0.2) is 18.2 Å². The average Bonchev–Trinajstić information content (AvgIpc) is 2.37. The second kappa shape index (κ2) is 7.54. The summed E-state index contributed by atoms with van der Waals surface area (Å²) in [6.45, 7) is 10.1. The molecule has 0 saturated heterocycles. The van der Waals surface area contributed by atoms with E-state index in [0.29, 0.717) is 17.8 Å². The number of ether oxygens (including phenoxy) is 1. The summed E-state index contributed by atoms with van der Waals surface area (Å²) in [7, 11) is 3.78. The first-order valence-corrected chi connectivity index (χ1v) is 7.31. The number of rotatable bonds is 7. The van der Waals surface area contributed by atoms with Gasteiger partial charge in [0.05, 0.1) is 7.11 Å². The van der Waals surface area contributed by atoms with Crippen LogP contribution in [0.1, 0.15) is 44.7 Å². The van der Waals surface area contributed by atoms with Crippen LogP contribution in [0.4, 0.5) is 0 Å². The molecule has 0 radical (unpaired) electrons. The predicted molar refractivity (Wildman–Crippen MR) is 83.0 cm³/mol. The van der Waals surface area contributed by atoms with Crippen LogP contribution in [-0.2, 0) is 6.42 Å². The van der Waals surface area contributed by atoms with E-state index < -0.39 is 0 Å². The molecule has 0 aliphatic heterocycles. The summed E-state index contributed by atoms with van der Waals surface area (Å²) in [6, 6.07) is 6.63. The van der Waals surface area contributed by atoms with Crippen LogP contribution in [0.2, 0.25) is 0 Å². The maximum Gasteiger partial charge on any atom is 0.122 e. The van der Waals surface area contributed by atoms with Gasteiger partial charge in [-0.1, -0.05) is 39.8 Å². The minimum Gasteiger partial charge on any atom is -0.496 e. The summed E-state index contributed by atoms with van der Waals surface area (Å²) in [4.78, 5) is 0. The molecule has 0 aromatic heterocycles. The molecule has 1 atom stereocenters. The highest BCUT2D eigenvalue weighted by Crippen LogP contribution is 2.28. The van der Waals surface area contributed by atoms with Gasteiger partial charge in [-0.3, -0.25) is 0 Å². The molecule has 1 rings (SSSR count). The molecule has 0 amide bonds. The predicted octanol–water partition coefficient (Wildman–Crippen LogP) is 3.85. The molecule has 0 aliphatic carbocycles. The lowest BCUT2D eigenvalue weighted by Crippen LogP contribution is -2.25. The SMILES string of the molecule is CNCC(Cc1ccc(OC)c(C(C)C)c1)C(C)C. The molecule has 0 bridgehead atoms. The third-order valence-corrected chi connectivity index (χ3v) is 3.82. The van der Waals surface area contributed by atoms with Crippen molar-refractivity contribution in [2.45, 2.75) is 40.0 Å². The average molecular weight is 263 g/mol. The van der Waals surface area contributed by atoms with Crippen molar-refractivity contribution in [3.05, 3.63) is 29.3 Å². The van der Waals surface area contributed by atoms with E-state index >= 15 is 0 Å². The first kappa shape index (κ1) is 16.0. The Morgan fingerprint density at radius 3 is 2.32 bits per heavy atom. The quantitative estimate of drug-likeness (QED) is 0.806. The summed E-state index contributed by atoms with van der Waals surface area (Å²) >= 11 is 0. The summed E-state index contributed by atoms with van der Waals surface area (Å²) in [5.41, 5.74) is 2.73. The van der Waals surface area contributed by atoms with E-state index in [-0.39, 0.29) is 0 Å². The normalized spacial score (nSPS) is 13.1. The lowest BCUT2D eigenvalue weighted by Gasteiger charge is -2.22. The molecule has 0 aliphatic rings. The van der Waals surface area contributed by atoms with Crippen molar-refractivity contribution < 1.29 is 4.74 Å². The van der Waals surface area contributed by atoms with E-state index in [1.807, 2.05) is 7.05 Å². The van der Waals surface area contributed by atoms with Gasteiger partial charge in [-0.2, -0.15) is 0 Å². The summed E-state index contributed by atoms with van der Waals surface area (Å²) in [6.07, 6.45) is 1.13. The smallest absolute Gasteiger partial charge is 0.122 e. The summed E-state index contributed by atoms with van der Waals surface area (Å²) in [5, 5.41) is 3.30. The van der Waals surface area contributed by atoms with E-state index in [2.05, 4.69) is 51.2 Å². The topological polar surface area (TPSA) is 21.3 Å². The molecule has 1 N–H and O–H groups in total. The molecule has 1 unspecified atom stereocenters. The second-order valence-electron chi connectivity index (χ2n) is 6.00. The van der Waals surface area contributed by atoms with Gasteiger partial charge in [0.25, 0.3) is 0 Å². The Morgan fingerprint density at radius 2 is 1.84 bits per heavy atom. The number of nitrogens with one attached hydrogen (secondary N) is 1. The number of hydrogen-bond acceptors (Lipinski definition) is 2. The van der Waals surface area contributed by atoms with Crippen molar-refractivity contribution in [3.8, 4) is 5.75 Å². The van der Waals surface area contributed by atoms with Crippen LogP contribution in [-0.4, -0.2) is 20.7 Å². The van der Waals surface area contributed by atoms with Gasteiger partial charge in [0.15, 0.2) is 0 Å². The van der Waals surface area contributed by atoms with Crippen LogP contribution >= 0.6 is 0 Å². The summed E-state index contributed by atoms with van der Waals surface area (Å²) < 4.78 is 5.45. The lowest BCUT2D eigenvalue weighted by atomic mass is 9.87. The lowest BCUT2D eigenvalue weighted by molar-refractivity contribution is 0.369. The molecule has 0 saturated carbocycles. The van der Waals surface area contributed by atoms with Gasteiger partial charge >= 0.3 is 0 Å². The zero-order valence-corrected chi connectivity index (χ0v) is 13.3. The van der Waals surface area contributed by atoms with Crippen LogP contribution in [0.5, 0.6) is 5.75 Å². The Kier molecular flexibility index (Phi) is 6.36. The number of benzene rings is 1. The molecule has 2 nitrogen and oxygen atoms in total. The van der Waals surface area contributed by atoms with Gasteiger partial charge < -0.3 is 10.1 Å². The second-order valence-corrected chi connectivity index (χ2v) is 6.00. The monoisotopic (exact) mass is 263 g/mol. The molecular formula is C17H29NO.